The van der Waals surface area contributed by atoms with Crippen molar-refractivity contribution in [3.63, 3.8) is 0 Å². The molecule has 2 atom stereocenters. The number of nitrogens with one attached hydrogen (secondary N) is 2. The predicted octanol–water partition coefficient (Wildman–Crippen LogP) is 6.38. The Morgan fingerprint density at radius 3 is 2.57 bits per heavy atom. The number of amides is 2. The molecule has 0 radical (unpaired) electrons. The van der Waals surface area contributed by atoms with Crippen LogP contribution in [0.15, 0.2) is 71.6 Å². The van der Waals surface area contributed by atoms with Crippen LogP contribution >= 0.6 is 0 Å². The molecule has 2 aromatic carbocycles. The zero-order valence-electron chi connectivity index (χ0n) is 29.7. The average molecular weight is 666 g/mol. The quantitative estimate of drug-likeness (QED) is 0.218. The average Bonchev–Trinajstić information content (AvgIpc) is 3.59. The number of urea groups is 1. The molecule has 6 rings (SSSR count). The standard InChI is InChI=1S/C40H51N5O4/c1-6-7-27(2)8-9-28-10-12-29(13-11-28)38-33(26-37-39(46)34-24-30(42-40(47)41-3)14-17-36(34)49-37)32-25-31(48-5)15-16-35(32)45(38)23-22-44-20-18-43(4)19-21-44/h10-16,24-27,36H,6-9,17-23H2,1-5H3,(H2,41,42,47)/b37-26-. The summed E-state index contributed by atoms with van der Waals surface area (Å²) in [4.78, 5) is 30.8. The molecule has 2 amide bonds. The van der Waals surface area contributed by atoms with Crippen LogP contribution < -0.4 is 15.4 Å². The van der Waals surface area contributed by atoms with Gasteiger partial charge in [0.15, 0.2) is 5.76 Å². The summed E-state index contributed by atoms with van der Waals surface area (Å²) in [7, 11) is 5.43. The number of aromatic nitrogens is 1. The monoisotopic (exact) mass is 665 g/mol. The minimum Gasteiger partial charge on any atom is -0.497 e. The molecule has 2 aliphatic heterocycles. The first-order chi connectivity index (χ1) is 23.8. The number of ether oxygens (including phenoxy) is 2. The Balaban J connectivity index is 1.41. The Hall–Kier alpha value is -4.34. The molecule has 1 aliphatic carbocycles. The van der Waals surface area contributed by atoms with E-state index in [2.05, 4.69) is 82.3 Å². The zero-order chi connectivity index (χ0) is 34.5. The SMILES string of the molecule is CCCC(C)CCc1ccc(-c2c(/C=C3\OC4CC=C(NC(=O)NC)C=C4C3=O)c3cc(OC)ccc3n2CCN2CCN(C)CC2)cc1. The predicted molar refractivity (Wildman–Crippen MR) is 196 cm³/mol. The van der Waals surface area contributed by atoms with Crippen LogP contribution in [0.3, 0.4) is 0 Å². The largest absolute Gasteiger partial charge is 0.497 e. The minimum absolute atomic E-state index is 0.155. The number of carbonyl (C=O) groups excluding carboxylic acids is 2. The molecule has 2 saturated heterocycles. The molecule has 260 valence electrons. The number of benzene rings is 2. The summed E-state index contributed by atoms with van der Waals surface area (Å²) in [6.45, 7) is 10.6. The van der Waals surface area contributed by atoms with Gasteiger partial charge >= 0.3 is 6.03 Å². The van der Waals surface area contributed by atoms with Crippen molar-refractivity contribution in [2.24, 2.45) is 5.92 Å². The second kappa shape index (κ2) is 15.5. The van der Waals surface area contributed by atoms with E-state index in [1.807, 2.05) is 18.2 Å². The molecule has 49 heavy (non-hydrogen) atoms. The van der Waals surface area contributed by atoms with Gasteiger partial charge in [-0.05, 0) is 67.3 Å². The summed E-state index contributed by atoms with van der Waals surface area (Å²) in [6.07, 6.45) is 10.4. The molecule has 0 spiro atoms. The Morgan fingerprint density at radius 2 is 1.86 bits per heavy atom. The number of rotatable bonds is 12. The number of aryl methyl sites for hydroxylation is 1. The maximum atomic E-state index is 13.9. The highest BCUT2D eigenvalue weighted by atomic mass is 16.5. The van der Waals surface area contributed by atoms with Crippen molar-refractivity contribution in [2.75, 3.05) is 53.9 Å². The van der Waals surface area contributed by atoms with Gasteiger partial charge in [-0.15, -0.1) is 0 Å². The second-order valence-electron chi connectivity index (χ2n) is 13.7. The summed E-state index contributed by atoms with van der Waals surface area (Å²) >= 11 is 0. The van der Waals surface area contributed by atoms with Crippen molar-refractivity contribution < 1.29 is 19.1 Å². The number of ketones is 1. The molecule has 3 aromatic rings. The van der Waals surface area contributed by atoms with E-state index in [1.54, 1.807) is 20.2 Å². The van der Waals surface area contributed by atoms with Crippen LogP contribution in [-0.2, 0) is 22.5 Å². The van der Waals surface area contributed by atoms with Gasteiger partial charge in [-0.1, -0.05) is 57.0 Å². The number of methoxy groups -OCH3 is 1. The smallest absolute Gasteiger partial charge is 0.318 e. The second-order valence-corrected chi connectivity index (χ2v) is 13.7. The van der Waals surface area contributed by atoms with Crippen molar-refractivity contribution in [1.29, 1.82) is 0 Å². The maximum absolute atomic E-state index is 13.9. The number of carbonyl (C=O) groups is 2. The fourth-order valence-corrected chi connectivity index (χ4v) is 7.23. The third-order valence-corrected chi connectivity index (χ3v) is 10.2. The molecule has 9 nitrogen and oxygen atoms in total. The van der Waals surface area contributed by atoms with Crippen LogP contribution in [0.2, 0.25) is 0 Å². The van der Waals surface area contributed by atoms with Gasteiger partial charge in [-0.3, -0.25) is 9.69 Å². The Kier molecular flexibility index (Phi) is 10.9. The Labute approximate surface area is 290 Å². The van der Waals surface area contributed by atoms with Crippen molar-refractivity contribution in [3.05, 3.63) is 82.8 Å². The third kappa shape index (κ3) is 7.78. The van der Waals surface area contributed by atoms with Gasteiger partial charge in [0.1, 0.15) is 11.9 Å². The molecule has 3 aliphatic rings. The number of fused-ring (bicyclic) bond motifs is 2. The highest BCUT2D eigenvalue weighted by molar-refractivity contribution is 6.14. The summed E-state index contributed by atoms with van der Waals surface area (Å²) in [5.74, 6) is 1.63. The van der Waals surface area contributed by atoms with Gasteiger partial charge in [-0.25, -0.2) is 4.79 Å². The lowest BCUT2D eigenvalue weighted by Crippen LogP contribution is -2.45. The van der Waals surface area contributed by atoms with E-state index in [1.165, 1.54) is 24.8 Å². The first kappa shape index (κ1) is 34.5. The van der Waals surface area contributed by atoms with E-state index >= 15 is 0 Å². The maximum Gasteiger partial charge on any atom is 0.318 e. The van der Waals surface area contributed by atoms with Crippen LogP contribution in [0, 0.1) is 5.92 Å². The van der Waals surface area contributed by atoms with E-state index < -0.39 is 0 Å². The van der Waals surface area contributed by atoms with Crippen molar-refractivity contribution in [2.45, 2.75) is 58.6 Å². The lowest BCUT2D eigenvalue weighted by molar-refractivity contribution is -0.112. The summed E-state index contributed by atoms with van der Waals surface area (Å²) in [5.41, 5.74) is 6.69. The molecular weight excluding hydrogens is 614 g/mol. The fourth-order valence-electron chi connectivity index (χ4n) is 7.23. The minimum atomic E-state index is -0.382. The number of hydrogen-bond donors (Lipinski definition) is 2. The number of Topliss-reactive ketones (excluding diaryl/α,β-unsaturated/α-hetero) is 1. The highest BCUT2D eigenvalue weighted by Gasteiger charge is 2.37. The third-order valence-electron chi connectivity index (χ3n) is 10.2. The van der Waals surface area contributed by atoms with Gasteiger partial charge in [0.2, 0.25) is 5.78 Å². The van der Waals surface area contributed by atoms with Gasteiger partial charge in [0.05, 0.1) is 12.8 Å². The number of nitrogens with zero attached hydrogens (tertiary/aromatic N) is 3. The fraction of sp³-hybridized carbons (Fsp3) is 0.450. The molecule has 3 heterocycles. The van der Waals surface area contributed by atoms with Crippen LogP contribution in [-0.4, -0.2) is 86.2 Å². The molecule has 0 saturated carbocycles. The number of allylic oxidation sites excluding steroid dienone is 2. The van der Waals surface area contributed by atoms with Gasteiger partial charge < -0.3 is 29.6 Å². The molecule has 2 N–H and O–H groups in total. The highest BCUT2D eigenvalue weighted by Crippen LogP contribution is 2.40. The molecule has 2 fully saturated rings. The van der Waals surface area contributed by atoms with Crippen molar-refractivity contribution in [1.82, 2.24) is 25.0 Å². The van der Waals surface area contributed by atoms with Crippen LogP contribution in [0.5, 0.6) is 5.75 Å². The van der Waals surface area contributed by atoms with E-state index in [4.69, 9.17) is 9.47 Å². The normalized spacial score (nSPS) is 19.7. The molecule has 0 bridgehead atoms. The van der Waals surface area contributed by atoms with E-state index in [0.717, 1.165) is 79.2 Å². The van der Waals surface area contributed by atoms with Gasteiger partial charge in [-0.2, -0.15) is 0 Å². The van der Waals surface area contributed by atoms with Crippen LogP contribution in [0.25, 0.3) is 28.2 Å². The lowest BCUT2D eigenvalue weighted by atomic mass is 9.96. The Bertz CT molecular complexity index is 1760. The Morgan fingerprint density at radius 1 is 1.08 bits per heavy atom. The summed E-state index contributed by atoms with van der Waals surface area (Å²) in [6, 6.07) is 14.9. The lowest BCUT2D eigenvalue weighted by Gasteiger charge is -2.32. The van der Waals surface area contributed by atoms with Crippen LogP contribution in [0.4, 0.5) is 4.79 Å². The van der Waals surface area contributed by atoms with Crippen LogP contribution in [0.1, 0.15) is 50.7 Å². The topological polar surface area (TPSA) is 88.1 Å². The number of hydrogen-bond acceptors (Lipinski definition) is 6. The summed E-state index contributed by atoms with van der Waals surface area (Å²) < 4.78 is 14.5. The van der Waals surface area contributed by atoms with Gasteiger partial charge in [0, 0.05) is 80.5 Å². The number of piperazine rings is 1. The molecular formula is C40H51N5O4. The van der Waals surface area contributed by atoms with Crippen molar-refractivity contribution >= 4 is 28.8 Å². The first-order valence-electron chi connectivity index (χ1n) is 17.8. The van der Waals surface area contributed by atoms with Gasteiger partial charge in [0.25, 0.3) is 0 Å². The van der Waals surface area contributed by atoms with E-state index in [-0.39, 0.29) is 17.9 Å². The van der Waals surface area contributed by atoms with Crippen molar-refractivity contribution in [3.8, 4) is 17.0 Å². The molecule has 9 heteroatoms. The van der Waals surface area contributed by atoms with E-state index in [9.17, 15) is 9.59 Å². The first-order valence-corrected chi connectivity index (χ1v) is 17.8. The zero-order valence-corrected chi connectivity index (χ0v) is 29.7. The van der Waals surface area contributed by atoms with E-state index in [0.29, 0.717) is 29.4 Å². The number of likely N-dealkylation sites (N-methyl/N-ethyl adjacent to an activating group) is 1. The molecule has 2 unspecified atom stereocenters. The summed E-state index contributed by atoms with van der Waals surface area (Å²) in [5, 5.41) is 6.36. The molecule has 1 aromatic heterocycles.